The van der Waals surface area contributed by atoms with E-state index in [2.05, 4.69) is 42.4 Å². The number of amides is 1. The maximum atomic E-state index is 12.9. The molecule has 5 heteroatoms. The zero-order valence-corrected chi connectivity index (χ0v) is 15.2. The first-order valence-electron chi connectivity index (χ1n) is 8.78. The monoisotopic (exact) mass is 338 g/mol. The maximum absolute atomic E-state index is 12.9. The fourth-order valence-electron chi connectivity index (χ4n) is 3.36. The molecule has 1 aliphatic rings. The lowest BCUT2D eigenvalue weighted by atomic mass is 10.1. The summed E-state index contributed by atoms with van der Waals surface area (Å²) in [6, 6.07) is 10.5. The van der Waals surface area contributed by atoms with E-state index in [-0.39, 0.29) is 11.9 Å². The summed E-state index contributed by atoms with van der Waals surface area (Å²) in [5, 5.41) is 7.24. The van der Waals surface area contributed by atoms with E-state index in [1.54, 1.807) is 0 Å². The Kier molecular flexibility index (Phi) is 5.04. The summed E-state index contributed by atoms with van der Waals surface area (Å²) in [5.74, 6) is 0.0171. The first kappa shape index (κ1) is 17.4. The molecule has 1 amide bonds. The maximum Gasteiger partial charge on any atom is 0.272 e. The van der Waals surface area contributed by atoms with E-state index in [9.17, 15) is 4.79 Å². The SMILES string of the molecule is C=CCN1C[C@@H](C)N(C(=O)c2cc(-c3ccc(C)cc3)n[nH]2)C[C@H]1C. The number of H-pyrrole nitrogens is 1. The summed E-state index contributed by atoms with van der Waals surface area (Å²) in [6.45, 7) is 12.5. The number of aromatic amines is 1. The molecule has 0 bridgehead atoms. The van der Waals surface area contributed by atoms with E-state index in [0.717, 1.165) is 24.3 Å². The highest BCUT2D eigenvalue weighted by Crippen LogP contribution is 2.21. The smallest absolute Gasteiger partial charge is 0.272 e. The number of benzene rings is 1. The molecule has 5 nitrogen and oxygen atoms in total. The highest BCUT2D eigenvalue weighted by Gasteiger charge is 2.32. The van der Waals surface area contributed by atoms with Crippen molar-refractivity contribution in [3.63, 3.8) is 0 Å². The lowest BCUT2D eigenvalue weighted by Crippen LogP contribution is -2.58. The van der Waals surface area contributed by atoms with Crippen LogP contribution in [0.3, 0.4) is 0 Å². The third kappa shape index (κ3) is 3.66. The second kappa shape index (κ2) is 7.23. The molecule has 1 N–H and O–H groups in total. The Morgan fingerprint density at radius 1 is 1.28 bits per heavy atom. The van der Waals surface area contributed by atoms with Gasteiger partial charge in [0.25, 0.3) is 5.91 Å². The second-order valence-corrected chi connectivity index (χ2v) is 6.93. The number of aryl methyl sites for hydroxylation is 1. The number of nitrogens with one attached hydrogen (secondary N) is 1. The minimum atomic E-state index is 0.0171. The van der Waals surface area contributed by atoms with Crippen molar-refractivity contribution in [2.24, 2.45) is 0 Å². The molecule has 0 saturated carbocycles. The molecule has 0 spiro atoms. The minimum Gasteiger partial charge on any atom is -0.332 e. The van der Waals surface area contributed by atoms with Crippen molar-refractivity contribution in [2.45, 2.75) is 32.9 Å². The van der Waals surface area contributed by atoms with Crippen LogP contribution in [0.2, 0.25) is 0 Å². The Labute approximate surface area is 149 Å². The quantitative estimate of drug-likeness (QED) is 0.872. The third-order valence-electron chi connectivity index (χ3n) is 4.90. The van der Waals surface area contributed by atoms with Crippen LogP contribution in [0, 0.1) is 6.92 Å². The number of hydrogen-bond donors (Lipinski definition) is 1. The van der Waals surface area contributed by atoms with E-state index < -0.39 is 0 Å². The molecular weight excluding hydrogens is 312 g/mol. The van der Waals surface area contributed by atoms with Gasteiger partial charge in [-0.25, -0.2) is 0 Å². The summed E-state index contributed by atoms with van der Waals surface area (Å²) in [5.41, 5.74) is 3.56. The first-order chi connectivity index (χ1) is 12.0. The number of rotatable bonds is 4. The molecule has 2 aromatic rings. The van der Waals surface area contributed by atoms with Crippen LogP contribution >= 0.6 is 0 Å². The molecule has 0 unspecified atom stereocenters. The van der Waals surface area contributed by atoms with Crippen LogP contribution in [-0.4, -0.2) is 57.6 Å². The van der Waals surface area contributed by atoms with Gasteiger partial charge in [0.05, 0.1) is 5.69 Å². The van der Waals surface area contributed by atoms with Gasteiger partial charge in [-0.3, -0.25) is 14.8 Å². The van der Waals surface area contributed by atoms with Crippen LogP contribution in [-0.2, 0) is 0 Å². The largest absolute Gasteiger partial charge is 0.332 e. The number of nitrogens with zero attached hydrogens (tertiary/aromatic N) is 3. The standard InChI is InChI=1S/C20H26N4O/c1-5-10-23-12-16(4)24(13-15(23)3)20(25)19-11-18(21-22-19)17-8-6-14(2)7-9-17/h5-9,11,15-16H,1,10,12-13H2,2-4H3,(H,21,22)/t15-,16-/m1/s1. The Hall–Kier alpha value is -2.40. The summed E-state index contributed by atoms with van der Waals surface area (Å²) in [7, 11) is 0. The van der Waals surface area contributed by atoms with E-state index in [1.807, 2.05) is 41.3 Å². The molecule has 1 fully saturated rings. The second-order valence-electron chi connectivity index (χ2n) is 6.93. The summed E-state index contributed by atoms with van der Waals surface area (Å²) >= 11 is 0. The molecule has 0 aliphatic carbocycles. The van der Waals surface area contributed by atoms with Crippen molar-refractivity contribution >= 4 is 5.91 Å². The van der Waals surface area contributed by atoms with Crippen LogP contribution in [0.5, 0.6) is 0 Å². The molecule has 3 rings (SSSR count). The number of carbonyl (C=O) groups is 1. The van der Waals surface area contributed by atoms with Gasteiger partial charge in [0.1, 0.15) is 5.69 Å². The zero-order chi connectivity index (χ0) is 18.0. The minimum absolute atomic E-state index is 0.0171. The number of carbonyl (C=O) groups excluding carboxylic acids is 1. The predicted molar refractivity (Wildman–Crippen MR) is 100 cm³/mol. The highest BCUT2D eigenvalue weighted by molar-refractivity contribution is 5.93. The zero-order valence-electron chi connectivity index (χ0n) is 15.2. The molecule has 2 atom stereocenters. The van der Waals surface area contributed by atoms with Gasteiger partial charge in [-0.15, -0.1) is 6.58 Å². The normalized spacial score (nSPS) is 21.3. The highest BCUT2D eigenvalue weighted by atomic mass is 16.2. The van der Waals surface area contributed by atoms with Crippen molar-refractivity contribution in [3.05, 3.63) is 54.2 Å². The fraction of sp³-hybridized carbons (Fsp3) is 0.400. The van der Waals surface area contributed by atoms with Crippen LogP contribution in [0.1, 0.15) is 29.9 Å². The Balaban J connectivity index is 1.75. The van der Waals surface area contributed by atoms with Crippen LogP contribution in [0.15, 0.2) is 43.0 Å². The Morgan fingerprint density at radius 2 is 2.00 bits per heavy atom. The fourth-order valence-corrected chi connectivity index (χ4v) is 3.36. The average Bonchev–Trinajstić information content (AvgIpc) is 3.08. The molecule has 25 heavy (non-hydrogen) atoms. The van der Waals surface area contributed by atoms with Crippen LogP contribution in [0.4, 0.5) is 0 Å². The van der Waals surface area contributed by atoms with E-state index >= 15 is 0 Å². The molecule has 1 aromatic carbocycles. The summed E-state index contributed by atoms with van der Waals surface area (Å²) < 4.78 is 0. The van der Waals surface area contributed by atoms with Gasteiger partial charge >= 0.3 is 0 Å². The average molecular weight is 338 g/mol. The van der Waals surface area contributed by atoms with E-state index in [4.69, 9.17) is 0 Å². The molecule has 0 radical (unpaired) electrons. The lowest BCUT2D eigenvalue weighted by molar-refractivity contribution is 0.0350. The van der Waals surface area contributed by atoms with E-state index in [0.29, 0.717) is 18.3 Å². The van der Waals surface area contributed by atoms with Crippen molar-refractivity contribution in [1.82, 2.24) is 20.0 Å². The Morgan fingerprint density at radius 3 is 2.68 bits per heavy atom. The topological polar surface area (TPSA) is 52.2 Å². The molecule has 1 saturated heterocycles. The lowest BCUT2D eigenvalue weighted by Gasteiger charge is -2.43. The van der Waals surface area contributed by atoms with Crippen molar-refractivity contribution in [1.29, 1.82) is 0 Å². The molecule has 1 aromatic heterocycles. The van der Waals surface area contributed by atoms with Gasteiger partial charge in [-0.2, -0.15) is 5.10 Å². The van der Waals surface area contributed by atoms with Gasteiger partial charge in [-0.1, -0.05) is 35.9 Å². The first-order valence-corrected chi connectivity index (χ1v) is 8.78. The number of piperazine rings is 1. The van der Waals surface area contributed by atoms with Crippen LogP contribution < -0.4 is 0 Å². The van der Waals surface area contributed by atoms with Gasteiger partial charge in [0.15, 0.2) is 0 Å². The number of aromatic nitrogens is 2. The van der Waals surface area contributed by atoms with Crippen molar-refractivity contribution in [3.8, 4) is 11.3 Å². The van der Waals surface area contributed by atoms with Gasteiger partial charge < -0.3 is 4.90 Å². The predicted octanol–water partition coefficient (Wildman–Crippen LogP) is 3.11. The van der Waals surface area contributed by atoms with Gasteiger partial charge in [0.2, 0.25) is 0 Å². The molecular formula is C20H26N4O. The molecule has 2 heterocycles. The molecule has 1 aliphatic heterocycles. The van der Waals surface area contributed by atoms with Gasteiger partial charge in [-0.05, 0) is 26.8 Å². The summed E-state index contributed by atoms with van der Waals surface area (Å²) in [6.07, 6.45) is 1.92. The van der Waals surface area contributed by atoms with E-state index in [1.165, 1.54) is 5.56 Å². The van der Waals surface area contributed by atoms with Crippen molar-refractivity contribution in [2.75, 3.05) is 19.6 Å². The number of hydrogen-bond acceptors (Lipinski definition) is 3. The van der Waals surface area contributed by atoms with Crippen LogP contribution in [0.25, 0.3) is 11.3 Å². The van der Waals surface area contributed by atoms with Crippen molar-refractivity contribution < 1.29 is 4.79 Å². The Bertz CT molecular complexity index is 749. The summed E-state index contributed by atoms with van der Waals surface area (Å²) in [4.78, 5) is 17.2. The third-order valence-corrected chi connectivity index (χ3v) is 4.90. The molecule has 132 valence electrons. The van der Waals surface area contributed by atoms with Gasteiger partial charge in [0, 0.05) is 37.3 Å².